The van der Waals surface area contributed by atoms with Crippen LogP contribution in [0.1, 0.15) is 43.2 Å². The van der Waals surface area contributed by atoms with E-state index in [-0.39, 0.29) is 31.4 Å². The van der Waals surface area contributed by atoms with Crippen LogP contribution in [0.15, 0.2) is 42.5 Å². The normalized spacial score (nSPS) is 25.3. The number of carbonyl (C=O) groups is 2. The van der Waals surface area contributed by atoms with Crippen LogP contribution in [0.25, 0.3) is 0 Å². The third kappa shape index (κ3) is 5.58. The number of aliphatic hydroxyl groups is 1. The molecule has 1 atom stereocenters. The number of hydrogen-bond donors (Lipinski definition) is 3. The third-order valence-corrected chi connectivity index (χ3v) is 7.91. The highest BCUT2D eigenvalue weighted by Crippen LogP contribution is 2.52. The first-order valence-electron chi connectivity index (χ1n) is 11.4. The second kappa shape index (κ2) is 10.1. The number of carbonyl (C=O) groups excluding carboxylic acids is 2. The summed E-state index contributed by atoms with van der Waals surface area (Å²) in [5.74, 6) is -0.292. The van der Waals surface area contributed by atoms with Gasteiger partial charge in [-0.1, -0.05) is 35.3 Å². The molecule has 11 heteroatoms. The Balaban J connectivity index is 1.30. The molecule has 5 rings (SSSR count). The summed E-state index contributed by atoms with van der Waals surface area (Å²) in [7, 11) is 0. The number of alkyl halides is 3. The Hall–Kier alpha value is -2.49. The van der Waals surface area contributed by atoms with Crippen LogP contribution < -0.4 is 15.4 Å². The Bertz CT molecular complexity index is 1130. The molecule has 2 bridgehead atoms. The molecule has 6 nitrogen and oxygen atoms in total. The predicted molar refractivity (Wildman–Crippen MR) is 128 cm³/mol. The van der Waals surface area contributed by atoms with Crippen molar-refractivity contribution in [3.8, 4) is 5.75 Å². The van der Waals surface area contributed by atoms with Gasteiger partial charge in [0.1, 0.15) is 5.75 Å². The summed E-state index contributed by atoms with van der Waals surface area (Å²) in [4.78, 5) is 25.6. The van der Waals surface area contributed by atoms with E-state index in [0.717, 1.165) is 12.1 Å². The van der Waals surface area contributed by atoms with E-state index in [9.17, 15) is 27.9 Å². The number of hydrogen-bond acceptors (Lipinski definition) is 4. The molecule has 0 aliphatic heterocycles. The summed E-state index contributed by atoms with van der Waals surface area (Å²) in [6, 6.07) is 9.26. The number of aliphatic hydroxyl groups excluding tert-OH is 1. The van der Waals surface area contributed by atoms with E-state index in [2.05, 4.69) is 10.6 Å². The topological polar surface area (TPSA) is 87.7 Å². The van der Waals surface area contributed by atoms with Crippen molar-refractivity contribution in [2.45, 2.75) is 56.5 Å². The lowest BCUT2D eigenvalue weighted by Crippen LogP contribution is -2.65. The van der Waals surface area contributed by atoms with Gasteiger partial charge >= 0.3 is 6.18 Å². The van der Waals surface area contributed by atoms with E-state index in [4.69, 9.17) is 27.9 Å². The van der Waals surface area contributed by atoms with Gasteiger partial charge in [-0.2, -0.15) is 13.2 Å². The molecule has 2 aromatic carbocycles. The van der Waals surface area contributed by atoms with Gasteiger partial charge in [0.05, 0.1) is 27.1 Å². The number of amides is 2. The monoisotopic (exact) mass is 544 g/mol. The molecule has 194 valence electrons. The van der Waals surface area contributed by atoms with Gasteiger partial charge in [0.25, 0.3) is 5.91 Å². The summed E-state index contributed by atoms with van der Waals surface area (Å²) < 4.78 is 43.7. The summed E-state index contributed by atoms with van der Waals surface area (Å²) >= 11 is 11.8. The molecule has 3 N–H and O–H groups in total. The average Bonchev–Trinajstić information content (AvgIpc) is 2.83. The van der Waals surface area contributed by atoms with Crippen LogP contribution in [-0.4, -0.2) is 35.2 Å². The molecular weight excluding hydrogens is 520 g/mol. The highest BCUT2D eigenvalue weighted by molar-refractivity contribution is 6.42. The number of fused-ring (bicyclic) bond motifs is 3. The number of ether oxygens (including phenoxy) is 1. The Morgan fingerprint density at radius 3 is 2.28 bits per heavy atom. The molecule has 36 heavy (non-hydrogen) atoms. The number of benzene rings is 2. The zero-order valence-corrected chi connectivity index (χ0v) is 20.6. The van der Waals surface area contributed by atoms with E-state index < -0.39 is 28.8 Å². The van der Waals surface area contributed by atoms with Gasteiger partial charge in [0.2, 0.25) is 5.91 Å². The van der Waals surface area contributed by atoms with Crippen LogP contribution in [0.2, 0.25) is 10.0 Å². The first-order chi connectivity index (χ1) is 16.9. The van der Waals surface area contributed by atoms with Crippen LogP contribution in [0, 0.1) is 5.41 Å². The fraction of sp³-hybridized carbons (Fsp3) is 0.440. The first-order valence-corrected chi connectivity index (χ1v) is 12.2. The van der Waals surface area contributed by atoms with Crippen molar-refractivity contribution in [1.29, 1.82) is 0 Å². The van der Waals surface area contributed by atoms with Crippen LogP contribution in [-0.2, 0) is 22.3 Å². The van der Waals surface area contributed by atoms with Crippen LogP contribution >= 0.6 is 23.2 Å². The van der Waals surface area contributed by atoms with Crippen LogP contribution in [0.4, 0.5) is 13.2 Å². The third-order valence-electron chi connectivity index (χ3n) is 7.17. The molecule has 0 heterocycles. The molecule has 3 saturated carbocycles. The van der Waals surface area contributed by atoms with Gasteiger partial charge < -0.3 is 20.5 Å². The maximum Gasteiger partial charge on any atom is 0.416 e. The molecule has 3 fully saturated rings. The van der Waals surface area contributed by atoms with Gasteiger partial charge in [-0.25, -0.2) is 0 Å². The standard InChI is InChI=1S/C25H25Cl2F3N2O4/c26-18-6-5-17(11-19(18)27)36-14-21(34)32-23-7-9-24(10-8-23,20(33)12-23)22(35)31-13-15-1-3-16(4-2-15)25(28,29)30/h1-6,11,20,33H,7-10,12-14H2,(H,31,35)(H,32,34)/t20-,23?,24?/m0/s1. The average molecular weight is 545 g/mol. The van der Waals surface area contributed by atoms with E-state index >= 15 is 0 Å². The highest BCUT2D eigenvalue weighted by atomic mass is 35.5. The number of rotatable bonds is 7. The molecule has 2 aromatic rings. The van der Waals surface area contributed by atoms with Crippen molar-refractivity contribution in [3.63, 3.8) is 0 Å². The van der Waals surface area contributed by atoms with E-state index in [1.165, 1.54) is 18.2 Å². The van der Waals surface area contributed by atoms with Gasteiger partial charge in [-0.15, -0.1) is 0 Å². The number of halogens is 5. The van der Waals surface area contributed by atoms with Crippen molar-refractivity contribution in [2.75, 3.05) is 6.61 Å². The highest BCUT2D eigenvalue weighted by Gasteiger charge is 2.58. The Labute approximate surface area is 216 Å². The fourth-order valence-corrected chi connectivity index (χ4v) is 5.34. The molecule has 0 spiro atoms. The molecule has 2 amide bonds. The van der Waals surface area contributed by atoms with Gasteiger partial charge in [-0.3, -0.25) is 9.59 Å². The van der Waals surface area contributed by atoms with E-state index in [1.807, 2.05) is 0 Å². The Morgan fingerprint density at radius 1 is 1.03 bits per heavy atom. The second-order valence-corrected chi connectivity index (χ2v) is 10.3. The maximum absolute atomic E-state index is 13.0. The minimum Gasteiger partial charge on any atom is -0.484 e. The summed E-state index contributed by atoms with van der Waals surface area (Å²) in [6.07, 6.45) is -3.40. The smallest absolute Gasteiger partial charge is 0.416 e. The minimum atomic E-state index is -4.42. The number of nitrogens with one attached hydrogen (secondary N) is 2. The Morgan fingerprint density at radius 2 is 1.69 bits per heavy atom. The Kier molecular flexibility index (Phi) is 7.46. The van der Waals surface area contributed by atoms with Gasteiger partial charge in [0, 0.05) is 18.2 Å². The molecule has 0 aromatic heterocycles. The van der Waals surface area contributed by atoms with Gasteiger partial charge in [-0.05, 0) is 61.9 Å². The lowest BCUT2D eigenvalue weighted by atomic mass is 9.55. The van der Waals surface area contributed by atoms with Crippen molar-refractivity contribution in [1.82, 2.24) is 10.6 Å². The fourth-order valence-electron chi connectivity index (χ4n) is 5.05. The van der Waals surface area contributed by atoms with Crippen LogP contribution in [0.3, 0.4) is 0 Å². The van der Waals surface area contributed by atoms with E-state index in [1.54, 1.807) is 12.1 Å². The lowest BCUT2D eigenvalue weighted by Gasteiger charge is -2.55. The summed E-state index contributed by atoms with van der Waals surface area (Å²) in [5.41, 5.74) is -1.86. The zero-order valence-electron chi connectivity index (χ0n) is 19.1. The quantitative estimate of drug-likeness (QED) is 0.463. The van der Waals surface area contributed by atoms with E-state index in [0.29, 0.717) is 47.0 Å². The van der Waals surface area contributed by atoms with Crippen molar-refractivity contribution in [3.05, 3.63) is 63.6 Å². The maximum atomic E-state index is 13.0. The summed E-state index contributed by atoms with van der Waals surface area (Å²) in [6.45, 7) is -0.187. The van der Waals surface area contributed by atoms with Crippen LogP contribution in [0.5, 0.6) is 5.75 Å². The molecule has 0 saturated heterocycles. The molecule has 3 aliphatic carbocycles. The second-order valence-electron chi connectivity index (χ2n) is 9.45. The lowest BCUT2D eigenvalue weighted by molar-refractivity contribution is -0.156. The SMILES string of the molecule is O=C(COc1ccc(Cl)c(Cl)c1)NC12CCC(C(=O)NCc3ccc(C(F)(F)F)cc3)(CC1)[C@@H](O)C2. The van der Waals surface area contributed by atoms with Crippen molar-refractivity contribution < 1.29 is 32.6 Å². The summed E-state index contributed by atoms with van der Waals surface area (Å²) in [5, 5.41) is 17.3. The van der Waals surface area contributed by atoms with Gasteiger partial charge in [0.15, 0.2) is 6.61 Å². The zero-order chi connectivity index (χ0) is 26.1. The molecule has 0 radical (unpaired) electrons. The molecule has 0 unspecified atom stereocenters. The van der Waals surface area contributed by atoms with Crippen molar-refractivity contribution >= 4 is 35.0 Å². The predicted octanol–water partition coefficient (Wildman–Crippen LogP) is 4.89. The van der Waals surface area contributed by atoms with Crippen molar-refractivity contribution in [2.24, 2.45) is 5.41 Å². The largest absolute Gasteiger partial charge is 0.484 e. The minimum absolute atomic E-state index is 0.0549. The molecule has 3 aliphatic rings. The first kappa shape index (κ1) is 26.6. The molecular formula is C25H25Cl2F3N2O4.